The summed E-state index contributed by atoms with van der Waals surface area (Å²) in [4.78, 5) is 14.5. The van der Waals surface area contributed by atoms with Crippen molar-refractivity contribution in [1.82, 2.24) is 0 Å². The van der Waals surface area contributed by atoms with Crippen LogP contribution in [0.1, 0.15) is 30.4 Å². The number of rotatable bonds is 1. The van der Waals surface area contributed by atoms with Gasteiger partial charge in [-0.15, -0.1) is 0 Å². The molecule has 2 aliphatic rings. The molecule has 1 amide bonds. The Kier molecular flexibility index (Phi) is 2.86. The maximum Gasteiger partial charge on any atom is 0.231 e. The largest absolute Gasteiger partial charge is 0.327 e. The molecule has 0 radical (unpaired) electrons. The maximum atomic E-state index is 12.6. The Bertz CT molecular complexity index is 483. The Morgan fingerprint density at radius 3 is 2.94 bits per heavy atom. The van der Waals surface area contributed by atoms with Crippen molar-refractivity contribution in [2.45, 2.75) is 38.6 Å². The van der Waals surface area contributed by atoms with E-state index in [1.807, 2.05) is 11.0 Å². The molecule has 3 nitrogen and oxygen atoms in total. The Labute approximate surface area is 108 Å². The molecule has 96 valence electrons. The summed E-state index contributed by atoms with van der Waals surface area (Å²) < 4.78 is 0. The lowest BCUT2D eigenvalue weighted by Gasteiger charge is -2.23. The minimum atomic E-state index is 0.0384. The number of aryl methyl sites for hydroxylation is 1. The molecule has 1 fully saturated rings. The Hall–Kier alpha value is -1.35. The van der Waals surface area contributed by atoms with Gasteiger partial charge in [0, 0.05) is 18.3 Å². The zero-order valence-corrected chi connectivity index (χ0v) is 10.9. The number of anilines is 1. The third-order valence-corrected chi connectivity index (χ3v) is 4.41. The lowest BCUT2D eigenvalue weighted by molar-refractivity contribution is -0.122. The number of hydrogen-bond acceptors (Lipinski definition) is 2. The van der Waals surface area contributed by atoms with Crippen LogP contribution in [0.2, 0.25) is 0 Å². The molecule has 1 aromatic rings. The molecule has 1 aromatic carbocycles. The average molecular weight is 244 g/mol. The molecule has 1 aliphatic carbocycles. The molecule has 2 N–H and O–H groups in total. The van der Waals surface area contributed by atoms with E-state index in [4.69, 9.17) is 5.73 Å². The number of nitrogens with two attached hydrogens (primary N) is 1. The zero-order valence-electron chi connectivity index (χ0n) is 10.9. The van der Waals surface area contributed by atoms with Gasteiger partial charge < -0.3 is 10.6 Å². The summed E-state index contributed by atoms with van der Waals surface area (Å²) in [7, 11) is 0. The van der Waals surface area contributed by atoms with Crippen molar-refractivity contribution >= 4 is 11.6 Å². The summed E-state index contributed by atoms with van der Waals surface area (Å²) in [5.74, 6) is 0.279. The van der Waals surface area contributed by atoms with Crippen molar-refractivity contribution < 1.29 is 4.79 Å². The lowest BCUT2D eigenvalue weighted by atomic mass is 10.0. The van der Waals surface area contributed by atoms with E-state index >= 15 is 0 Å². The van der Waals surface area contributed by atoms with Crippen LogP contribution in [0.3, 0.4) is 0 Å². The second-order valence-corrected chi connectivity index (χ2v) is 5.51. The minimum absolute atomic E-state index is 0.0384. The molecule has 0 spiro atoms. The van der Waals surface area contributed by atoms with Gasteiger partial charge in [0.2, 0.25) is 5.91 Å². The van der Waals surface area contributed by atoms with E-state index in [2.05, 4.69) is 19.1 Å². The molecule has 18 heavy (non-hydrogen) atoms. The summed E-state index contributed by atoms with van der Waals surface area (Å²) in [6.45, 7) is 2.94. The van der Waals surface area contributed by atoms with Crippen molar-refractivity contribution in [3.8, 4) is 0 Å². The summed E-state index contributed by atoms with van der Waals surface area (Å²) in [6.07, 6.45) is 4.02. The number of fused-ring (bicyclic) bond motifs is 1. The quantitative estimate of drug-likeness (QED) is 0.821. The summed E-state index contributed by atoms with van der Waals surface area (Å²) >= 11 is 0. The van der Waals surface area contributed by atoms with Gasteiger partial charge >= 0.3 is 0 Å². The van der Waals surface area contributed by atoms with E-state index in [9.17, 15) is 4.79 Å². The maximum absolute atomic E-state index is 12.6. The van der Waals surface area contributed by atoms with Crippen LogP contribution in [0, 0.1) is 12.8 Å². The molecule has 1 aliphatic heterocycles. The predicted octanol–water partition coefficient (Wildman–Crippen LogP) is 2.01. The van der Waals surface area contributed by atoms with E-state index in [0.717, 1.165) is 37.9 Å². The molecule has 0 aromatic heterocycles. The molecule has 3 heteroatoms. The first-order chi connectivity index (χ1) is 8.68. The van der Waals surface area contributed by atoms with Crippen molar-refractivity contribution in [1.29, 1.82) is 0 Å². The van der Waals surface area contributed by atoms with Crippen molar-refractivity contribution in [3.63, 3.8) is 0 Å². The van der Waals surface area contributed by atoms with Crippen molar-refractivity contribution in [2.75, 3.05) is 11.4 Å². The second kappa shape index (κ2) is 4.39. The SMILES string of the molecule is Cc1cccc2c1CCN2C(=O)[C@H]1CCC[C@@H]1N. The van der Waals surface area contributed by atoms with E-state index in [-0.39, 0.29) is 17.9 Å². The first-order valence-electron chi connectivity index (χ1n) is 6.84. The van der Waals surface area contributed by atoms with E-state index in [1.165, 1.54) is 11.1 Å². The summed E-state index contributed by atoms with van der Waals surface area (Å²) in [6, 6.07) is 6.28. The van der Waals surface area contributed by atoms with Crippen LogP contribution in [0.4, 0.5) is 5.69 Å². The lowest BCUT2D eigenvalue weighted by Crippen LogP contribution is -2.41. The highest BCUT2D eigenvalue weighted by Crippen LogP contribution is 2.34. The zero-order chi connectivity index (χ0) is 12.7. The number of hydrogen-bond donors (Lipinski definition) is 1. The van der Waals surface area contributed by atoms with E-state index in [1.54, 1.807) is 0 Å². The van der Waals surface area contributed by atoms with Gasteiger partial charge in [0.15, 0.2) is 0 Å². The number of nitrogens with zero attached hydrogens (tertiary/aromatic N) is 1. The Morgan fingerprint density at radius 2 is 2.22 bits per heavy atom. The average Bonchev–Trinajstić information content (AvgIpc) is 2.95. The molecule has 1 saturated carbocycles. The molecular weight excluding hydrogens is 224 g/mol. The van der Waals surface area contributed by atoms with Crippen LogP contribution in [0.15, 0.2) is 18.2 Å². The molecular formula is C15H20N2O. The van der Waals surface area contributed by atoms with Gasteiger partial charge in [-0.2, -0.15) is 0 Å². The number of amides is 1. The molecule has 1 heterocycles. The number of carbonyl (C=O) groups is 1. The van der Waals surface area contributed by atoms with Crippen molar-refractivity contribution in [2.24, 2.45) is 11.7 Å². The van der Waals surface area contributed by atoms with Crippen LogP contribution < -0.4 is 10.6 Å². The summed E-state index contributed by atoms with van der Waals surface area (Å²) in [5.41, 5.74) is 9.78. The fourth-order valence-electron chi connectivity index (χ4n) is 3.33. The Morgan fingerprint density at radius 1 is 1.39 bits per heavy atom. The first kappa shape index (κ1) is 11.7. The third kappa shape index (κ3) is 1.74. The van der Waals surface area contributed by atoms with Gasteiger partial charge in [-0.1, -0.05) is 18.6 Å². The molecule has 3 rings (SSSR count). The van der Waals surface area contributed by atoms with Gasteiger partial charge in [-0.05, 0) is 43.4 Å². The van der Waals surface area contributed by atoms with Crippen LogP contribution in [0.25, 0.3) is 0 Å². The van der Waals surface area contributed by atoms with Gasteiger partial charge in [-0.3, -0.25) is 4.79 Å². The summed E-state index contributed by atoms with van der Waals surface area (Å²) in [5, 5.41) is 0. The minimum Gasteiger partial charge on any atom is -0.327 e. The fraction of sp³-hybridized carbons (Fsp3) is 0.533. The highest BCUT2D eigenvalue weighted by atomic mass is 16.2. The second-order valence-electron chi connectivity index (χ2n) is 5.51. The monoisotopic (exact) mass is 244 g/mol. The Balaban J connectivity index is 1.88. The predicted molar refractivity (Wildman–Crippen MR) is 72.6 cm³/mol. The normalized spacial score (nSPS) is 26.4. The molecule has 2 atom stereocenters. The van der Waals surface area contributed by atoms with Gasteiger partial charge in [-0.25, -0.2) is 0 Å². The van der Waals surface area contributed by atoms with Crippen LogP contribution in [0.5, 0.6) is 0 Å². The molecule has 0 bridgehead atoms. The molecule has 0 saturated heterocycles. The fourth-order valence-corrected chi connectivity index (χ4v) is 3.33. The highest BCUT2D eigenvalue weighted by Gasteiger charge is 2.36. The highest BCUT2D eigenvalue weighted by molar-refractivity contribution is 5.97. The molecule has 0 unspecified atom stereocenters. The standard InChI is InChI=1S/C15H20N2O/c1-10-4-2-7-14-11(10)8-9-17(14)15(18)12-5-3-6-13(12)16/h2,4,7,12-13H,3,5-6,8-9,16H2,1H3/t12-,13-/m0/s1. The van der Waals surface area contributed by atoms with Gasteiger partial charge in [0.05, 0.1) is 5.92 Å². The van der Waals surface area contributed by atoms with Crippen molar-refractivity contribution in [3.05, 3.63) is 29.3 Å². The third-order valence-electron chi connectivity index (χ3n) is 4.41. The van der Waals surface area contributed by atoms with Gasteiger partial charge in [0.1, 0.15) is 0 Å². The van der Waals surface area contributed by atoms with Gasteiger partial charge in [0.25, 0.3) is 0 Å². The van der Waals surface area contributed by atoms with E-state index < -0.39 is 0 Å². The van der Waals surface area contributed by atoms with E-state index in [0.29, 0.717) is 0 Å². The van der Waals surface area contributed by atoms with Crippen LogP contribution in [-0.4, -0.2) is 18.5 Å². The van der Waals surface area contributed by atoms with Crippen LogP contribution in [-0.2, 0) is 11.2 Å². The smallest absolute Gasteiger partial charge is 0.231 e. The van der Waals surface area contributed by atoms with Crippen LogP contribution >= 0.6 is 0 Å². The number of carbonyl (C=O) groups excluding carboxylic acids is 1. The first-order valence-corrected chi connectivity index (χ1v) is 6.84. The topological polar surface area (TPSA) is 46.3 Å². The number of benzene rings is 1.